The summed E-state index contributed by atoms with van der Waals surface area (Å²) in [6, 6.07) is 3.91. The first kappa shape index (κ1) is 11.6. The second kappa shape index (κ2) is 4.95. The number of H-pyrrole nitrogens is 1. The van der Waals surface area contributed by atoms with Gasteiger partial charge < -0.3 is 15.8 Å². The van der Waals surface area contributed by atoms with Crippen LogP contribution in [-0.2, 0) is 0 Å². The highest BCUT2D eigenvalue weighted by atomic mass is 32.1. The largest absolute Gasteiger partial charge is 0.393 e. The second-order valence-electron chi connectivity index (χ2n) is 4.20. The molecule has 2 rings (SSSR count). The van der Waals surface area contributed by atoms with Crippen molar-refractivity contribution >= 4 is 17.2 Å². The number of piperidine rings is 1. The highest BCUT2D eigenvalue weighted by Crippen LogP contribution is 2.23. The smallest absolute Gasteiger partial charge is 0.101 e. The van der Waals surface area contributed by atoms with Gasteiger partial charge >= 0.3 is 0 Å². The summed E-state index contributed by atoms with van der Waals surface area (Å²) in [6.07, 6.45) is 3.28. The van der Waals surface area contributed by atoms with Crippen molar-refractivity contribution in [1.82, 2.24) is 9.88 Å². The molecule has 16 heavy (non-hydrogen) atoms. The fourth-order valence-electron chi connectivity index (χ4n) is 2.19. The quantitative estimate of drug-likeness (QED) is 0.683. The van der Waals surface area contributed by atoms with Gasteiger partial charge in [-0.05, 0) is 25.0 Å². The molecule has 1 aliphatic heterocycles. The Balaban J connectivity index is 2.11. The predicted molar refractivity (Wildman–Crippen MR) is 67.1 cm³/mol. The second-order valence-corrected chi connectivity index (χ2v) is 4.67. The number of hydrogen-bond acceptors (Lipinski definition) is 3. The van der Waals surface area contributed by atoms with E-state index in [1.54, 1.807) is 0 Å². The number of thiocarbonyl (C=S) groups is 1. The molecular weight excluding hydrogens is 222 g/mol. The minimum absolute atomic E-state index is 0.0301. The molecule has 1 unspecified atom stereocenters. The van der Waals surface area contributed by atoms with Gasteiger partial charge in [-0.2, -0.15) is 0 Å². The van der Waals surface area contributed by atoms with E-state index < -0.39 is 0 Å². The number of nitrogens with one attached hydrogen (secondary N) is 1. The number of aromatic amines is 1. The lowest BCUT2D eigenvalue weighted by molar-refractivity contribution is 0.0733. The Bertz CT molecular complexity index is 344. The minimum Gasteiger partial charge on any atom is -0.393 e. The van der Waals surface area contributed by atoms with Gasteiger partial charge in [-0.25, -0.2) is 0 Å². The zero-order chi connectivity index (χ0) is 11.5. The van der Waals surface area contributed by atoms with Crippen LogP contribution < -0.4 is 5.73 Å². The number of rotatable bonds is 3. The van der Waals surface area contributed by atoms with E-state index in [0.29, 0.717) is 4.99 Å². The van der Waals surface area contributed by atoms with Crippen molar-refractivity contribution in [3.63, 3.8) is 0 Å². The third-order valence-corrected chi connectivity index (χ3v) is 3.27. The normalized spacial score (nSPS) is 20.8. The average molecular weight is 239 g/mol. The molecule has 1 fully saturated rings. The highest BCUT2D eigenvalue weighted by molar-refractivity contribution is 7.80. The molecule has 0 saturated carbocycles. The van der Waals surface area contributed by atoms with Gasteiger partial charge in [-0.1, -0.05) is 12.2 Å². The van der Waals surface area contributed by atoms with Gasteiger partial charge in [-0.15, -0.1) is 0 Å². The lowest BCUT2D eigenvalue weighted by Crippen LogP contribution is -2.43. The number of likely N-dealkylation sites (tertiary alicyclic amines) is 1. The fourth-order valence-corrected chi connectivity index (χ4v) is 2.46. The number of aliphatic hydroxyl groups is 1. The first-order chi connectivity index (χ1) is 7.68. The monoisotopic (exact) mass is 239 g/mol. The maximum atomic E-state index is 9.48. The van der Waals surface area contributed by atoms with E-state index in [4.69, 9.17) is 18.0 Å². The van der Waals surface area contributed by atoms with Gasteiger partial charge in [0, 0.05) is 25.0 Å². The Morgan fingerprint density at radius 2 is 2.25 bits per heavy atom. The van der Waals surface area contributed by atoms with Crippen LogP contribution in [0.3, 0.4) is 0 Å². The molecule has 0 aromatic carbocycles. The van der Waals surface area contributed by atoms with Crippen molar-refractivity contribution in [2.45, 2.75) is 25.0 Å². The van der Waals surface area contributed by atoms with Gasteiger partial charge in [0.25, 0.3) is 0 Å². The zero-order valence-electron chi connectivity index (χ0n) is 9.10. The molecule has 0 radical (unpaired) electrons. The molecule has 0 amide bonds. The van der Waals surface area contributed by atoms with E-state index in [-0.39, 0.29) is 12.1 Å². The van der Waals surface area contributed by atoms with Crippen LogP contribution in [0.1, 0.15) is 24.6 Å². The Morgan fingerprint density at radius 1 is 1.56 bits per heavy atom. The molecule has 1 saturated heterocycles. The number of aliphatic hydroxyl groups excluding tert-OH is 1. The maximum absolute atomic E-state index is 9.48. The molecule has 4 N–H and O–H groups in total. The summed E-state index contributed by atoms with van der Waals surface area (Å²) in [7, 11) is 0. The van der Waals surface area contributed by atoms with Crippen molar-refractivity contribution in [2.75, 3.05) is 13.1 Å². The number of nitrogens with two attached hydrogens (primary N) is 1. The molecular formula is C11H17N3OS. The van der Waals surface area contributed by atoms with Gasteiger partial charge in [0.1, 0.15) is 6.04 Å². The van der Waals surface area contributed by atoms with E-state index in [1.807, 2.05) is 18.3 Å². The Kier molecular flexibility index (Phi) is 3.58. The van der Waals surface area contributed by atoms with E-state index in [2.05, 4.69) is 9.88 Å². The van der Waals surface area contributed by atoms with Gasteiger partial charge in [0.05, 0.1) is 11.1 Å². The van der Waals surface area contributed by atoms with Crippen LogP contribution in [0, 0.1) is 0 Å². The van der Waals surface area contributed by atoms with Gasteiger partial charge in [0.2, 0.25) is 0 Å². The molecule has 88 valence electrons. The van der Waals surface area contributed by atoms with Crippen LogP contribution >= 0.6 is 12.2 Å². The number of hydrogen-bond donors (Lipinski definition) is 3. The molecule has 5 heteroatoms. The average Bonchev–Trinajstić information content (AvgIpc) is 2.74. The van der Waals surface area contributed by atoms with E-state index in [1.165, 1.54) is 0 Å². The third kappa shape index (κ3) is 2.42. The molecule has 1 atom stereocenters. The molecule has 1 aliphatic rings. The summed E-state index contributed by atoms with van der Waals surface area (Å²) in [6.45, 7) is 1.67. The summed E-state index contributed by atoms with van der Waals surface area (Å²) < 4.78 is 0. The van der Waals surface area contributed by atoms with Crippen LogP contribution in [-0.4, -0.2) is 39.2 Å². The summed E-state index contributed by atoms with van der Waals surface area (Å²) in [5.41, 5.74) is 6.83. The van der Waals surface area contributed by atoms with Gasteiger partial charge in [-0.3, -0.25) is 4.90 Å². The molecule has 0 aliphatic carbocycles. The van der Waals surface area contributed by atoms with Crippen LogP contribution in [0.4, 0.5) is 0 Å². The summed E-state index contributed by atoms with van der Waals surface area (Å²) >= 11 is 5.13. The van der Waals surface area contributed by atoms with Crippen molar-refractivity contribution in [2.24, 2.45) is 5.73 Å². The molecule has 1 aromatic rings. The van der Waals surface area contributed by atoms with Gasteiger partial charge in [0.15, 0.2) is 0 Å². The van der Waals surface area contributed by atoms with Crippen molar-refractivity contribution < 1.29 is 5.11 Å². The van der Waals surface area contributed by atoms with Crippen LogP contribution in [0.15, 0.2) is 18.3 Å². The Labute approximate surface area is 100 Å². The Morgan fingerprint density at radius 3 is 2.75 bits per heavy atom. The Hall–Kier alpha value is -0.910. The third-order valence-electron chi connectivity index (χ3n) is 3.05. The standard InChI is InChI=1S/C11H17N3OS/c12-11(16)10(9-2-1-5-13-9)14-6-3-8(15)4-7-14/h1-2,5,8,10,13,15H,3-4,6-7H2,(H2,12,16). The summed E-state index contributed by atoms with van der Waals surface area (Å²) in [5, 5.41) is 9.48. The molecule has 2 heterocycles. The van der Waals surface area contributed by atoms with Crippen LogP contribution in [0.2, 0.25) is 0 Å². The summed E-state index contributed by atoms with van der Waals surface area (Å²) in [4.78, 5) is 5.86. The first-order valence-corrected chi connectivity index (χ1v) is 5.94. The number of nitrogens with zero attached hydrogens (tertiary/aromatic N) is 1. The van der Waals surface area contributed by atoms with Crippen molar-refractivity contribution in [3.8, 4) is 0 Å². The van der Waals surface area contributed by atoms with Crippen molar-refractivity contribution in [1.29, 1.82) is 0 Å². The van der Waals surface area contributed by atoms with Crippen molar-refractivity contribution in [3.05, 3.63) is 24.0 Å². The SMILES string of the molecule is NC(=S)C(c1ccc[nH]1)N1CCC(O)CC1. The minimum atomic E-state index is -0.174. The predicted octanol–water partition coefficient (Wildman–Crippen LogP) is 0.799. The molecule has 0 spiro atoms. The molecule has 4 nitrogen and oxygen atoms in total. The lowest BCUT2D eigenvalue weighted by atomic mass is 10.0. The van der Waals surface area contributed by atoms with Crippen LogP contribution in [0.5, 0.6) is 0 Å². The lowest BCUT2D eigenvalue weighted by Gasteiger charge is -2.35. The zero-order valence-corrected chi connectivity index (χ0v) is 9.91. The fraction of sp³-hybridized carbons (Fsp3) is 0.545. The van der Waals surface area contributed by atoms with E-state index >= 15 is 0 Å². The van der Waals surface area contributed by atoms with E-state index in [0.717, 1.165) is 31.6 Å². The summed E-state index contributed by atoms with van der Waals surface area (Å²) in [5.74, 6) is 0. The topological polar surface area (TPSA) is 65.3 Å². The number of aromatic nitrogens is 1. The molecule has 1 aromatic heterocycles. The van der Waals surface area contributed by atoms with E-state index in [9.17, 15) is 5.11 Å². The first-order valence-electron chi connectivity index (χ1n) is 5.53. The highest BCUT2D eigenvalue weighted by Gasteiger charge is 2.27. The molecule has 0 bridgehead atoms. The maximum Gasteiger partial charge on any atom is 0.101 e. The van der Waals surface area contributed by atoms with Crippen LogP contribution in [0.25, 0.3) is 0 Å².